The topological polar surface area (TPSA) is 63.6 Å². The van der Waals surface area contributed by atoms with Gasteiger partial charge in [-0.3, -0.25) is 9.59 Å². The number of phenols is 1. The first-order valence-electron chi connectivity index (χ1n) is 9.10. The van der Waals surface area contributed by atoms with Gasteiger partial charge in [-0.25, -0.2) is 0 Å². The maximum Gasteiger partial charge on any atom is 0.166 e. The van der Waals surface area contributed by atoms with Gasteiger partial charge in [0.1, 0.15) is 0 Å². The quantitative estimate of drug-likeness (QED) is 0.855. The van der Waals surface area contributed by atoms with Crippen molar-refractivity contribution < 1.29 is 19.4 Å². The van der Waals surface area contributed by atoms with E-state index in [1.54, 1.807) is 32.1 Å². The van der Waals surface area contributed by atoms with Crippen LogP contribution in [0.15, 0.2) is 53.6 Å². The molecule has 1 N–H and O–H groups in total. The van der Waals surface area contributed by atoms with Crippen molar-refractivity contribution in [2.45, 2.75) is 40.0 Å². The van der Waals surface area contributed by atoms with Gasteiger partial charge in [-0.05, 0) is 54.7 Å². The van der Waals surface area contributed by atoms with E-state index in [4.69, 9.17) is 4.74 Å². The minimum Gasteiger partial charge on any atom is -0.504 e. The molecule has 0 amide bonds. The van der Waals surface area contributed by atoms with Crippen LogP contribution in [0.2, 0.25) is 0 Å². The van der Waals surface area contributed by atoms with Crippen molar-refractivity contribution in [1.82, 2.24) is 0 Å². The van der Waals surface area contributed by atoms with E-state index in [9.17, 15) is 14.7 Å². The smallest absolute Gasteiger partial charge is 0.166 e. The van der Waals surface area contributed by atoms with Crippen molar-refractivity contribution in [3.05, 3.63) is 59.2 Å². The minimum absolute atomic E-state index is 0.00678. The van der Waals surface area contributed by atoms with Crippen LogP contribution in [0.3, 0.4) is 0 Å². The molecule has 2 aliphatic rings. The first kappa shape index (κ1) is 19.2. The summed E-state index contributed by atoms with van der Waals surface area (Å²) in [5, 5.41) is 10.3. The lowest BCUT2D eigenvalue weighted by Gasteiger charge is -2.54. The Kier molecular flexibility index (Phi) is 4.41. The molecule has 0 aliphatic heterocycles. The first-order chi connectivity index (χ1) is 12.6. The second kappa shape index (κ2) is 6.22. The number of phenolic OH excluding ortho intramolecular Hbond substituents is 1. The summed E-state index contributed by atoms with van der Waals surface area (Å²) in [6.45, 7) is 11.2. The second-order valence-corrected chi connectivity index (χ2v) is 7.92. The Bertz CT molecular complexity index is 920. The molecule has 1 aromatic rings. The van der Waals surface area contributed by atoms with Gasteiger partial charge in [0.05, 0.1) is 12.5 Å². The number of hydrogen-bond donors (Lipinski definition) is 1. The lowest BCUT2D eigenvalue weighted by molar-refractivity contribution is -0.147. The molecule has 142 valence electrons. The molecule has 0 radical (unpaired) electrons. The highest BCUT2D eigenvalue weighted by Crippen LogP contribution is 2.62. The van der Waals surface area contributed by atoms with Crippen molar-refractivity contribution in [1.29, 1.82) is 0 Å². The van der Waals surface area contributed by atoms with Crippen LogP contribution in [0, 0.1) is 10.8 Å². The Balaban J connectivity index is 2.31. The third-order valence-electron chi connectivity index (χ3n) is 6.79. The molecule has 3 atom stereocenters. The molecule has 0 spiro atoms. The second-order valence-electron chi connectivity index (χ2n) is 7.92. The van der Waals surface area contributed by atoms with Crippen LogP contribution < -0.4 is 4.74 Å². The summed E-state index contributed by atoms with van der Waals surface area (Å²) in [5.74, 6) is -0.0130. The van der Waals surface area contributed by atoms with Gasteiger partial charge in [0, 0.05) is 11.3 Å². The Morgan fingerprint density at radius 1 is 1.19 bits per heavy atom. The fraction of sp³-hybridized carbons (Fsp3) is 0.391. The zero-order valence-electron chi connectivity index (χ0n) is 16.6. The Hall–Kier alpha value is -2.62. The Morgan fingerprint density at radius 2 is 1.81 bits per heavy atom. The molecular weight excluding hydrogens is 340 g/mol. The number of hydrogen-bond acceptors (Lipinski definition) is 4. The van der Waals surface area contributed by atoms with E-state index in [1.807, 2.05) is 26.0 Å². The number of aromatic hydroxyl groups is 1. The summed E-state index contributed by atoms with van der Waals surface area (Å²) in [4.78, 5) is 26.8. The molecule has 0 unspecified atom stereocenters. The van der Waals surface area contributed by atoms with Crippen molar-refractivity contribution in [2.24, 2.45) is 10.8 Å². The van der Waals surface area contributed by atoms with Crippen LogP contribution in [-0.4, -0.2) is 23.8 Å². The van der Waals surface area contributed by atoms with Gasteiger partial charge in [0.2, 0.25) is 0 Å². The molecule has 4 nitrogen and oxygen atoms in total. The monoisotopic (exact) mass is 366 g/mol. The molecule has 0 saturated heterocycles. The van der Waals surface area contributed by atoms with E-state index in [1.165, 1.54) is 7.11 Å². The molecule has 0 heterocycles. The number of benzene rings is 1. The SMILES string of the molecule is C=CC1=CC[C@@]2(C)C(=O)C(C)=C(C)C(=O)[C@@]2(C)[C@H]1c1ccc(OC)c(O)c1. The summed E-state index contributed by atoms with van der Waals surface area (Å²) in [7, 11) is 1.49. The summed E-state index contributed by atoms with van der Waals surface area (Å²) in [5.41, 5.74) is 0.919. The van der Waals surface area contributed by atoms with Crippen molar-refractivity contribution in [3.8, 4) is 11.5 Å². The van der Waals surface area contributed by atoms with Gasteiger partial charge in [-0.2, -0.15) is 0 Å². The van der Waals surface area contributed by atoms with Crippen molar-refractivity contribution in [3.63, 3.8) is 0 Å². The van der Waals surface area contributed by atoms with Gasteiger partial charge in [-0.1, -0.05) is 38.6 Å². The van der Waals surface area contributed by atoms with Crippen LogP contribution in [0.1, 0.15) is 45.6 Å². The van der Waals surface area contributed by atoms with E-state index in [0.717, 1.165) is 11.1 Å². The average Bonchev–Trinajstić information content (AvgIpc) is 2.66. The number of carbonyl (C=O) groups excluding carboxylic acids is 2. The molecule has 0 aromatic heterocycles. The van der Waals surface area contributed by atoms with Crippen molar-refractivity contribution >= 4 is 11.6 Å². The number of methoxy groups -OCH3 is 1. The number of allylic oxidation sites excluding steroid dienone is 5. The number of ether oxygens (including phenoxy) is 1. The number of Topliss-reactive ketones (excluding diaryl/α,β-unsaturated/α-hetero) is 2. The lowest BCUT2D eigenvalue weighted by atomic mass is 9.45. The molecular formula is C23H26O4. The van der Waals surface area contributed by atoms with Gasteiger partial charge in [0.15, 0.2) is 23.1 Å². The molecule has 0 saturated carbocycles. The van der Waals surface area contributed by atoms with Crippen LogP contribution in [0.5, 0.6) is 11.5 Å². The average molecular weight is 366 g/mol. The van der Waals surface area contributed by atoms with Crippen LogP contribution in [0.25, 0.3) is 0 Å². The number of ketones is 2. The highest BCUT2D eigenvalue weighted by atomic mass is 16.5. The Labute approximate surface area is 160 Å². The number of fused-ring (bicyclic) bond motifs is 1. The third-order valence-corrected chi connectivity index (χ3v) is 6.79. The van der Waals surface area contributed by atoms with E-state index in [2.05, 4.69) is 6.58 Å². The predicted molar refractivity (Wildman–Crippen MR) is 105 cm³/mol. The highest BCUT2D eigenvalue weighted by molar-refractivity contribution is 6.17. The normalized spacial score (nSPS) is 30.7. The lowest BCUT2D eigenvalue weighted by Crippen LogP contribution is -2.57. The fourth-order valence-electron chi connectivity index (χ4n) is 4.77. The molecule has 0 fully saturated rings. The van der Waals surface area contributed by atoms with Crippen LogP contribution in [-0.2, 0) is 9.59 Å². The maximum absolute atomic E-state index is 13.5. The number of rotatable bonds is 3. The van der Waals surface area contributed by atoms with Gasteiger partial charge in [0.25, 0.3) is 0 Å². The molecule has 0 bridgehead atoms. The van der Waals surface area contributed by atoms with E-state index >= 15 is 0 Å². The van der Waals surface area contributed by atoms with E-state index < -0.39 is 10.8 Å². The van der Waals surface area contributed by atoms with Gasteiger partial charge < -0.3 is 9.84 Å². The molecule has 1 aromatic carbocycles. The largest absolute Gasteiger partial charge is 0.504 e. The fourth-order valence-corrected chi connectivity index (χ4v) is 4.77. The summed E-state index contributed by atoms with van der Waals surface area (Å²) in [6.07, 6.45) is 4.23. The van der Waals surface area contributed by atoms with Crippen LogP contribution >= 0.6 is 0 Å². The maximum atomic E-state index is 13.5. The Morgan fingerprint density at radius 3 is 2.37 bits per heavy atom. The zero-order valence-corrected chi connectivity index (χ0v) is 16.6. The van der Waals surface area contributed by atoms with E-state index in [-0.39, 0.29) is 23.2 Å². The standard InChI is InChI=1S/C23H26O4/c1-7-15-10-11-22(4)20(25)13(2)14(3)21(26)23(22,5)19(15)16-8-9-18(27-6)17(24)12-16/h7-10,12,19,24H,1,11H2,2-6H3/t19-,22+,23-/m1/s1. The molecule has 4 heteroatoms. The van der Waals surface area contributed by atoms with Gasteiger partial charge in [-0.15, -0.1) is 0 Å². The molecule has 3 rings (SSSR count). The summed E-state index contributed by atoms with van der Waals surface area (Å²) < 4.78 is 5.15. The highest BCUT2D eigenvalue weighted by Gasteiger charge is 2.63. The number of carbonyl (C=O) groups is 2. The molecule has 2 aliphatic carbocycles. The summed E-state index contributed by atoms with van der Waals surface area (Å²) in [6, 6.07) is 5.15. The zero-order chi connectivity index (χ0) is 20.1. The van der Waals surface area contributed by atoms with Crippen molar-refractivity contribution in [2.75, 3.05) is 7.11 Å². The third kappa shape index (κ3) is 2.35. The summed E-state index contributed by atoms with van der Waals surface area (Å²) >= 11 is 0. The van der Waals surface area contributed by atoms with Crippen LogP contribution in [0.4, 0.5) is 0 Å². The van der Waals surface area contributed by atoms with E-state index in [0.29, 0.717) is 23.3 Å². The minimum atomic E-state index is -0.965. The first-order valence-corrected chi connectivity index (χ1v) is 9.10. The predicted octanol–water partition coefficient (Wildman–Crippen LogP) is 4.50. The molecule has 27 heavy (non-hydrogen) atoms. The van der Waals surface area contributed by atoms with Gasteiger partial charge >= 0.3 is 0 Å².